The second-order valence-corrected chi connectivity index (χ2v) is 6.09. The number of hydrogen-bond donors (Lipinski definition) is 2. The number of carbonyl (C=O) groups excluding carboxylic acids is 1. The van der Waals surface area contributed by atoms with Crippen molar-refractivity contribution in [1.82, 2.24) is 0 Å². The second-order valence-electron chi connectivity index (χ2n) is 6.09. The van der Waals surface area contributed by atoms with Crippen molar-refractivity contribution in [3.05, 3.63) is 101 Å². The molecule has 3 aromatic carbocycles. The van der Waals surface area contributed by atoms with E-state index in [1.807, 2.05) is 54.6 Å². The van der Waals surface area contributed by atoms with Crippen LogP contribution in [-0.2, 0) is 6.42 Å². The molecule has 26 heavy (non-hydrogen) atoms. The Labute approximate surface area is 153 Å². The zero-order chi connectivity index (χ0) is 18.4. The number of hydrogen-bond acceptors (Lipinski definition) is 4. The molecule has 0 heterocycles. The Morgan fingerprint density at radius 1 is 0.885 bits per heavy atom. The Balaban J connectivity index is 1.74. The number of nitrogens with two attached hydrogens (primary N) is 2. The molecule has 3 rings (SSSR count). The molecule has 0 bridgehead atoms. The van der Waals surface area contributed by atoms with Gasteiger partial charge in [-0.2, -0.15) is 0 Å². The average molecular weight is 346 g/mol. The Hall–Kier alpha value is -2.95. The summed E-state index contributed by atoms with van der Waals surface area (Å²) in [6.45, 7) is 0.591. The van der Waals surface area contributed by atoms with E-state index in [9.17, 15) is 4.79 Å². The van der Waals surface area contributed by atoms with Crippen molar-refractivity contribution >= 4 is 5.97 Å². The fraction of sp³-hybridized carbons (Fsp3) is 0.136. The van der Waals surface area contributed by atoms with Crippen molar-refractivity contribution in [3.8, 4) is 5.75 Å². The molecular weight excluding hydrogens is 324 g/mol. The summed E-state index contributed by atoms with van der Waals surface area (Å²) < 4.78 is 5.46. The van der Waals surface area contributed by atoms with E-state index < -0.39 is 5.97 Å². The van der Waals surface area contributed by atoms with E-state index in [0.717, 1.165) is 23.1 Å². The molecule has 4 N–H and O–H groups in total. The summed E-state index contributed by atoms with van der Waals surface area (Å²) >= 11 is 0. The van der Waals surface area contributed by atoms with E-state index in [4.69, 9.17) is 16.2 Å². The molecule has 0 aliphatic rings. The van der Waals surface area contributed by atoms with Crippen LogP contribution in [0.2, 0.25) is 0 Å². The van der Waals surface area contributed by atoms with Crippen molar-refractivity contribution in [2.45, 2.75) is 12.5 Å². The summed E-state index contributed by atoms with van der Waals surface area (Å²) in [6.07, 6.45) is 0.799. The minimum atomic E-state index is -0.404. The first-order valence-corrected chi connectivity index (χ1v) is 8.59. The minimum absolute atomic E-state index is 0.292. The first kappa shape index (κ1) is 17.9. The van der Waals surface area contributed by atoms with E-state index in [2.05, 4.69) is 0 Å². The molecule has 132 valence electrons. The molecule has 0 aliphatic heterocycles. The van der Waals surface area contributed by atoms with Gasteiger partial charge >= 0.3 is 5.97 Å². The first-order chi connectivity index (χ1) is 12.7. The lowest BCUT2D eigenvalue weighted by Crippen LogP contribution is -2.14. The molecule has 0 saturated carbocycles. The summed E-state index contributed by atoms with van der Waals surface area (Å²) in [4.78, 5) is 12.5. The zero-order valence-corrected chi connectivity index (χ0v) is 14.5. The van der Waals surface area contributed by atoms with E-state index in [0.29, 0.717) is 17.9 Å². The van der Waals surface area contributed by atoms with Gasteiger partial charge in [0.15, 0.2) is 0 Å². The summed E-state index contributed by atoms with van der Waals surface area (Å²) in [5.74, 6) is 0.104. The molecule has 3 aromatic rings. The maximum absolute atomic E-state index is 12.5. The van der Waals surface area contributed by atoms with Crippen LogP contribution in [0.25, 0.3) is 0 Å². The lowest BCUT2D eigenvalue weighted by Gasteiger charge is -2.13. The van der Waals surface area contributed by atoms with Crippen molar-refractivity contribution < 1.29 is 9.53 Å². The molecule has 0 aromatic heterocycles. The highest BCUT2D eigenvalue weighted by atomic mass is 16.5. The first-order valence-electron chi connectivity index (χ1n) is 8.59. The van der Waals surface area contributed by atoms with Crippen LogP contribution < -0.4 is 16.2 Å². The lowest BCUT2D eigenvalue weighted by molar-refractivity contribution is 0.0734. The monoisotopic (exact) mass is 346 g/mol. The van der Waals surface area contributed by atoms with Gasteiger partial charge in [0, 0.05) is 0 Å². The molecular formula is C22H22N2O2. The van der Waals surface area contributed by atoms with Gasteiger partial charge in [0.2, 0.25) is 0 Å². The van der Waals surface area contributed by atoms with Crippen molar-refractivity contribution in [3.63, 3.8) is 0 Å². The van der Waals surface area contributed by atoms with E-state index in [-0.39, 0.29) is 6.04 Å². The highest BCUT2D eigenvalue weighted by Gasteiger charge is 2.13. The number of benzene rings is 3. The summed E-state index contributed by atoms with van der Waals surface area (Å²) in [7, 11) is 0. The predicted octanol–water partition coefficient (Wildman–Crippen LogP) is 3.46. The summed E-state index contributed by atoms with van der Waals surface area (Å²) in [5.41, 5.74) is 15.3. The van der Waals surface area contributed by atoms with Crippen LogP contribution in [0.5, 0.6) is 5.75 Å². The minimum Gasteiger partial charge on any atom is -0.423 e. The maximum Gasteiger partial charge on any atom is 0.343 e. The summed E-state index contributed by atoms with van der Waals surface area (Å²) in [5, 5.41) is 0. The van der Waals surface area contributed by atoms with Crippen LogP contribution in [0.4, 0.5) is 0 Å². The Morgan fingerprint density at radius 2 is 1.58 bits per heavy atom. The highest BCUT2D eigenvalue weighted by Crippen LogP contribution is 2.21. The number of esters is 1. The van der Waals surface area contributed by atoms with Crippen molar-refractivity contribution in [2.24, 2.45) is 11.5 Å². The fourth-order valence-electron chi connectivity index (χ4n) is 2.77. The highest BCUT2D eigenvalue weighted by molar-refractivity contribution is 5.91. The van der Waals surface area contributed by atoms with Gasteiger partial charge in [-0.25, -0.2) is 4.79 Å². The smallest absolute Gasteiger partial charge is 0.343 e. The third-order valence-corrected chi connectivity index (χ3v) is 4.21. The van der Waals surface area contributed by atoms with E-state index in [1.54, 1.807) is 24.3 Å². The predicted molar refractivity (Wildman–Crippen MR) is 103 cm³/mol. The molecule has 1 atom stereocenters. The van der Waals surface area contributed by atoms with Gasteiger partial charge < -0.3 is 16.2 Å². The Kier molecular flexibility index (Phi) is 5.79. The summed E-state index contributed by atoms with van der Waals surface area (Å²) in [6, 6.07) is 24.1. The van der Waals surface area contributed by atoms with Gasteiger partial charge in [-0.15, -0.1) is 0 Å². The molecule has 0 radical (unpaired) electrons. The van der Waals surface area contributed by atoms with Crippen LogP contribution in [-0.4, -0.2) is 12.5 Å². The van der Waals surface area contributed by atoms with Gasteiger partial charge in [-0.1, -0.05) is 54.6 Å². The van der Waals surface area contributed by atoms with E-state index in [1.165, 1.54) is 0 Å². The van der Waals surface area contributed by atoms with Gasteiger partial charge in [-0.05, 0) is 53.9 Å². The van der Waals surface area contributed by atoms with E-state index >= 15 is 0 Å². The molecule has 0 unspecified atom stereocenters. The van der Waals surface area contributed by atoms with Crippen LogP contribution in [0.15, 0.2) is 78.9 Å². The number of ether oxygens (including phenoxy) is 1. The van der Waals surface area contributed by atoms with Crippen molar-refractivity contribution in [1.29, 1.82) is 0 Å². The van der Waals surface area contributed by atoms with Crippen molar-refractivity contribution in [2.75, 3.05) is 6.54 Å². The van der Waals surface area contributed by atoms with Gasteiger partial charge in [0.25, 0.3) is 0 Å². The van der Waals surface area contributed by atoms with Crippen LogP contribution in [0.3, 0.4) is 0 Å². The van der Waals surface area contributed by atoms with Gasteiger partial charge in [0.05, 0.1) is 11.6 Å². The van der Waals surface area contributed by atoms with Crippen LogP contribution in [0.1, 0.15) is 33.1 Å². The van der Waals surface area contributed by atoms with Crippen LogP contribution in [0, 0.1) is 0 Å². The molecule has 0 amide bonds. The number of rotatable bonds is 6. The molecule has 0 fully saturated rings. The molecule has 0 saturated heterocycles. The normalized spacial score (nSPS) is 11.8. The third kappa shape index (κ3) is 4.36. The molecule has 0 aliphatic carbocycles. The third-order valence-electron chi connectivity index (χ3n) is 4.21. The van der Waals surface area contributed by atoms with Gasteiger partial charge in [-0.3, -0.25) is 0 Å². The molecule has 0 spiro atoms. The fourth-order valence-corrected chi connectivity index (χ4v) is 2.77. The lowest BCUT2D eigenvalue weighted by atomic mass is 9.98. The average Bonchev–Trinajstić information content (AvgIpc) is 2.70. The topological polar surface area (TPSA) is 78.3 Å². The molecule has 4 heteroatoms. The Bertz CT molecular complexity index is 861. The second kappa shape index (κ2) is 8.43. The Morgan fingerprint density at radius 3 is 2.27 bits per heavy atom. The quantitative estimate of drug-likeness (QED) is 0.529. The van der Waals surface area contributed by atoms with Gasteiger partial charge in [0.1, 0.15) is 5.75 Å². The largest absolute Gasteiger partial charge is 0.423 e. The molecule has 4 nitrogen and oxygen atoms in total. The SMILES string of the molecule is NCCc1ccc(OC(=O)c2cccc([C@@H](N)c3ccccc3)c2)cc1. The number of carbonyl (C=O) groups is 1. The van der Waals surface area contributed by atoms with Crippen LogP contribution >= 0.6 is 0 Å². The maximum atomic E-state index is 12.5. The zero-order valence-electron chi connectivity index (χ0n) is 14.5. The standard InChI is InChI=1S/C22H22N2O2/c23-14-13-16-9-11-20(12-10-16)26-22(25)19-8-4-7-18(15-19)21(24)17-5-2-1-3-6-17/h1-12,15,21H,13-14,23-24H2/t21-/m0/s1.